The zero-order valence-electron chi connectivity index (χ0n) is 16.9. The van der Waals surface area contributed by atoms with Crippen LogP contribution in [0.25, 0.3) is 0 Å². The molecule has 6 nitrogen and oxygen atoms in total. The maximum atomic E-state index is 12.5. The molecule has 2 aromatic rings. The lowest BCUT2D eigenvalue weighted by Gasteiger charge is -2.34. The maximum absolute atomic E-state index is 12.5. The van der Waals surface area contributed by atoms with Gasteiger partial charge < -0.3 is 19.9 Å². The zero-order valence-corrected chi connectivity index (χ0v) is 17.7. The highest BCUT2D eigenvalue weighted by atomic mass is 35.5. The number of rotatable bonds is 7. The van der Waals surface area contributed by atoms with Crippen LogP contribution in [0.3, 0.4) is 0 Å². The van der Waals surface area contributed by atoms with Gasteiger partial charge in [0.05, 0.1) is 6.42 Å². The Morgan fingerprint density at radius 2 is 1.74 bits per heavy atom. The highest BCUT2D eigenvalue weighted by Crippen LogP contribution is 2.17. The number of hydrogen-bond acceptors (Lipinski definition) is 3. The molecule has 9 heteroatoms. The molecule has 0 aromatic heterocycles. The van der Waals surface area contributed by atoms with Crippen molar-refractivity contribution in [3.63, 3.8) is 0 Å². The molecule has 1 fully saturated rings. The number of urea groups is 1. The largest absolute Gasteiger partial charge is 0.488 e. The highest BCUT2D eigenvalue weighted by molar-refractivity contribution is 6.31. The minimum atomic E-state index is -2.54. The minimum absolute atomic E-state index is 0.0197. The van der Waals surface area contributed by atoms with Crippen molar-refractivity contribution in [1.29, 1.82) is 0 Å². The summed E-state index contributed by atoms with van der Waals surface area (Å²) < 4.78 is 29.5. The van der Waals surface area contributed by atoms with Crippen molar-refractivity contribution >= 4 is 23.5 Å². The average Bonchev–Trinajstić information content (AvgIpc) is 2.78. The predicted molar refractivity (Wildman–Crippen MR) is 113 cm³/mol. The molecule has 1 aliphatic rings. The van der Waals surface area contributed by atoms with E-state index < -0.39 is 13.0 Å². The number of ether oxygens (including phenoxy) is 1. The summed E-state index contributed by atoms with van der Waals surface area (Å²) in [6, 6.07) is 13.7. The summed E-state index contributed by atoms with van der Waals surface area (Å²) in [4.78, 5) is 28.4. The van der Waals surface area contributed by atoms with Crippen molar-refractivity contribution in [2.24, 2.45) is 0 Å². The van der Waals surface area contributed by atoms with Gasteiger partial charge in [0.1, 0.15) is 12.4 Å². The summed E-state index contributed by atoms with van der Waals surface area (Å²) in [6.07, 6.45) is -2.31. The topological polar surface area (TPSA) is 61.9 Å². The molecule has 166 valence electrons. The van der Waals surface area contributed by atoms with Crippen LogP contribution in [0.15, 0.2) is 48.5 Å². The number of halogens is 3. The van der Waals surface area contributed by atoms with Crippen LogP contribution in [-0.4, -0.2) is 60.9 Å². The normalized spacial score (nSPS) is 13.9. The van der Waals surface area contributed by atoms with Gasteiger partial charge >= 0.3 is 6.03 Å². The van der Waals surface area contributed by atoms with Crippen LogP contribution in [0.5, 0.6) is 5.75 Å². The van der Waals surface area contributed by atoms with Crippen molar-refractivity contribution in [3.05, 3.63) is 64.7 Å². The molecule has 0 bridgehead atoms. The first-order valence-electron chi connectivity index (χ1n) is 9.96. The Hall–Kier alpha value is -2.87. The number of nitrogens with zero attached hydrogens (tertiary/aromatic N) is 2. The van der Waals surface area contributed by atoms with Gasteiger partial charge in [0, 0.05) is 37.7 Å². The first kappa shape index (κ1) is 22.8. The van der Waals surface area contributed by atoms with Gasteiger partial charge in [-0.3, -0.25) is 4.79 Å². The number of carbonyl (C=O) groups excluding carboxylic acids is 2. The van der Waals surface area contributed by atoms with Crippen LogP contribution in [-0.2, 0) is 17.8 Å². The fraction of sp³-hybridized carbons (Fsp3) is 0.364. The van der Waals surface area contributed by atoms with Gasteiger partial charge in [0.2, 0.25) is 5.91 Å². The summed E-state index contributed by atoms with van der Waals surface area (Å²) in [5, 5.41) is 3.38. The molecular weight excluding hydrogens is 428 g/mol. The van der Waals surface area contributed by atoms with Gasteiger partial charge in [-0.2, -0.15) is 0 Å². The average molecular weight is 452 g/mol. The summed E-state index contributed by atoms with van der Waals surface area (Å²) in [5.41, 5.74) is 1.53. The van der Waals surface area contributed by atoms with Gasteiger partial charge in [-0.15, -0.1) is 0 Å². The first-order valence-corrected chi connectivity index (χ1v) is 10.3. The van der Waals surface area contributed by atoms with Crippen LogP contribution in [0.4, 0.5) is 13.6 Å². The fourth-order valence-electron chi connectivity index (χ4n) is 3.27. The Labute approximate surface area is 184 Å². The number of nitrogens with one attached hydrogen (secondary N) is 1. The van der Waals surface area contributed by atoms with Gasteiger partial charge in [-0.25, -0.2) is 13.6 Å². The van der Waals surface area contributed by atoms with E-state index in [-0.39, 0.29) is 24.9 Å². The van der Waals surface area contributed by atoms with Gasteiger partial charge in [0.15, 0.2) is 0 Å². The Morgan fingerprint density at radius 3 is 2.45 bits per heavy atom. The molecule has 3 rings (SSSR count). The summed E-state index contributed by atoms with van der Waals surface area (Å²) >= 11 is 6.13. The van der Waals surface area contributed by atoms with E-state index in [1.807, 2.05) is 18.2 Å². The highest BCUT2D eigenvalue weighted by Gasteiger charge is 2.24. The van der Waals surface area contributed by atoms with E-state index in [2.05, 4.69) is 5.32 Å². The first-order chi connectivity index (χ1) is 14.9. The third-order valence-electron chi connectivity index (χ3n) is 4.94. The number of amides is 3. The Bertz CT molecular complexity index is 905. The fourth-order valence-corrected chi connectivity index (χ4v) is 3.47. The van der Waals surface area contributed by atoms with Gasteiger partial charge in [-0.05, 0) is 29.3 Å². The van der Waals surface area contributed by atoms with E-state index in [0.29, 0.717) is 37.0 Å². The summed E-state index contributed by atoms with van der Waals surface area (Å²) in [5.74, 6) is 0.312. The van der Waals surface area contributed by atoms with Crippen molar-refractivity contribution < 1.29 is 23.1 Å². The molecule has 0 unspecified atom stereocenters. The smallest absolute Gasteiger partial charge is 0.317 e. The number of alkyl halides is 2. The van der Waals surface area contributed by atoms with Crippen molar-refractivity contribution in [1.82, 2.24) is 15.1 Å². The Balaban J connectivity index is 1.43. The van der Waals surface area contributed by atoms with Crippen LogP contribution < -0.4 is 10.1 Å². The molecule has 1 saturated heterocycles. The molecule has 0 spiro atoms. The van der Waals surface area contributed by atoms with E-state index in [1.54, 1.807) is 40.1 Å². The van der Waals surface area contributed by atoms with Crippen molar-refractivity contribution in [3.8, 4) is 5.75 Å². The molecule has 1 N–H and O–H groups in total. The molecule has 2 aromatic carbocycles. The third kappa shape index (κ3) is 6.82. The molecule has 0 aliphatic carbocycles. The molecule has 0 saturated carbocycles. The summed E-state index contributed by atoms with van der Waals surface area (Å²) in [6.45, 7) is 1.34. The number of piperazine rings is 1. The minimum Gasteiger partial charge on any atom is -0.488 e. The molecule has 1 heterocycles. The molecule has 0 radical (unpaired) electrons. The second kappa shape index (κ2) is 10.9. The van der Waals surface area contributed by atoms with Crippen LogP contribution in [0.1, 0.15) is 11.1 Å². The maximum Gasteiger partial charge on any atom is 0.317 e. The molecule has 0 atom stereocenters. The monoisotopic (exact) mass is 451 g/mol. The van der Waals surface area contributed by atoms with Crippen molar-refractivity contribution in [2.45, 2.75) is 19.4 Å². The zero-order chi connectivity index (χ0) is 22.2. The standard InChI is InChI=1S/C22H24ClF2N3O3/c23-19-7-2-1-5-17(19)13-21(29)27-8-10-28(11-9-27)22(30)26-14-16-4-3-6-18(12-16)31-15-20(24)25/h1-7,12,20H,8-11,13-15H2,(H,26,30). The number of benzene rings is 2. The molecular formula is C22H24ClF2N3O3. The van der Waals surface area contributed by atoms with Crippen LogP contribution in [0, 0.1) is 0 Å². The Kier molecular flexibility index (Phi) is 8.06. The lowest BCUT2D eigenvalue weighted by atomic mass is 10.1. The van der Waals surface area contributed by atoms with E-state index in [4.69, 9.17) is 16.3 Å². The van der Waals surface area contributed by atoms with Crippen molar-refractivity contribution in [2.75, 3.05) is 32.8 Å². The SMILES string of the molecule is O=C(Cc1ccccc1Cl)N1CCN(C(=O)NCc2cccc(OCC(F)F)c2)CC1. The molecule has 1 aliphatic heterocycles. The van der Waals surface area contributed by atoms with Gasteiger partial charge in [0.25, 0.3) is 6.43 Å². The van der Waals surface area contributed by atoms with Gasteiger partial charge in [-0.1, -0.05) is 41.9 Å². The lowest BCUT2D eigenvalue weighted by molar-refractivity contribution is -0.131. The van der Waals surface area contributed by atoms with Crippen LogP contribution >= 0.6 is 11.6 Å². The predicted octanol–water partition coefficient (Wildman–Crippen LogP) is 3.58. The quantitative estimate of drug-likeness (QED) is 0.700. The lowest BCUT2D eigenvalue weighted by Crippen LogP contribution is -2.53. The molecule has 31 heavy (non-hydrogen) atoms. The Morgan fingerprint density at radius 1 is 1.03 bits per heavy atom. The molecule has 3 amide bonds. The van der Waals surface area contributed by atoms with Crippen LogP contribution in [0.2, 0.25) is 5.02 Å². The third-order valence-corrected chi connectivity index (χ3v) is 5.31. The van der Waals surface area contributed by atoms with E-state index in [0.717, 1.165) is 11.1 Å². The summed E-state index contributed by atoms with van der Waals surface area (Å²) in [7, 11) is 0. The number of carbonyl (C=O) groups is 2. The van der Waals surface area contributed by atoms with E-state index >= 15 is 0 Å². The van der Waals surface area contributed by atoms with E-state index in [1.165, 1.54) is 0 Å². The van der Waals surface area contributed by atoms with E-state index in [9.17, 15) is 18.4 Å². The number of hydrogen-bond donors (Lipinski definition) is 1. The second-order valence-corrected chi connectivity index (χ2v) is 7.55. The second-order valence-electron chi connectivity index (χ2n) is 7.14.